The van der Waals surface area contributed by atoms with E-state index in [0.717, 1.165) is 31.2 Å². The molecule has 1 saturated carbocycles. The lowest BCUT2D eigenvalue weighted by Crippen LogP contribution is -2.47. The zero-order valence-corrected chi connectivity index (χ0v) is 28.2. The molecule has 45 heavy (non-hydrogen) atoms. The van der Waals surface area contributed by atoms with Crippen LogP contribution in [0.15, 0.2) is 23.4 Å². The normalized spacial score (nSPS) is 16.1. The van der Waals surface area contributed by atoms with Crippen LogP contribution in [0.5, 0.6) is 0 Å². The van der Waals surface area contributed by atoms with Crippen molar-refractivity contribution < 1.29 is 23.0 Å². The van der Waals surface area contributed by atoms with Crippen LogP contribution in [0.4, 0.5) is 24.4 Å². The molecule has 0 atom stereocenters. The predicted octanol–water partition coefficient (Wildman–Crippen LogP) is 8.57. The summed E-state index contributed by atoms with van der Waals surface area (Å²) in [5.41, 5.74) is 1.06. The lowest BCUT2D eigenvalue weighted by molar-refractivity contribution is 0.0636. The predicted molar refractivity (Wildman–Crippen MR) is 178 cm³/mol. The third kappa shape index (κ3) is 6.09. The Morgan fingerprint density at radius 3 is 2.56 bits per heavy atom. The van der Waals surface area contributed by atoms with E-state index in [0.29, 0.717) is 49.3 Å². The van der Waals surface area contributed by atoms with E-state index in [4.69, 9.17) is 14.5 Å². The van der Waals surface area contributed by atoms with Crippen LogP contribution in [0.3, 0.4) is 0 Å². The van der Waals surface area contributed by atoms with E-state index in [9.17, 15) is 4.79 Å². The number of benzene rings is 2. The molecule has 1 amide bonds. The second-order valence-electron chi connectivity index (χ2n) is 12.9. The van der Waals surface area contributed by atoms with E-state index in [1.807, 2.05) is 6.92 Å². The first kappa shape index (κ1) is 31.9. The minimum Gasteiger partial charge on any atom is -0.444 e. The number of halogens is 2. The number of aromatic nitrogens is 2. The average molecular weight is 656 g/mol. The summed E-state index contributed by atoms with van der Waals surface area (Å²) in [6, 6.07) is 4.64. The number of thiophene rings is 1. The number of ether oxygens (including phenoxy) is 2. The Labute approximate surface area is 270 Å². The van der Waals surface area contributed by atoms with E-state index in [2.05, 4.69) is 34.6 Å². The molecule has 3 heterocycles. The zero-order chi connectivity index (χ0) is 32.1. The van der Waals surface area contributed by atoms with Crippen molar-refractivity contribution >= 4 is 61.0 Å². The van der Waals surface area contributed by atoms with E-state index in [-0.39, 0.29) is 35.4 Å². The van der Waals surface area contributed by atoms with Crippen LogP contribution >= 0.6 is 23.1 Å². The number of thioether (sulfide) groups is 1. The molecule has 0 spiro atoms. The molecule has 2 aromatic carbocycles. The van der Waals surface area contributed by atoms with Crippen LogP contribution in [0, 0.1) is 11.6 Å². The van der Waals surface area contributed by atoms with Gasteiger partial charge in [-0.3, -0.25) is 5.32 Å². The summed E-state index contributed by atoms with van der Waals surface area (Å²) >= 11 is 2.70. The van der Waals surface area contributed by atoms with E-state index in [1.165, 1.54) is 29.2 Å². The van der Waals surface area contributed by atoms with Crippen molar-refractivity contribution in [1.82, 2.24) is 14.9 Å². The molecular formula is C33H39F2N5O3S2. The molecule has 8 nitrogen and oxygen atoms in total. The van der Waals surface area contributed by atoms with Gasteiger partial charge in [0.15, 0.2) is 11.0 Å². The SMILES string of the molecule is CCSc1nc(NCC2(N(C)C)CCCC2)c2c3c(c(-c4c(F)ccc5sc(NC(=O)OC(C)(C)C)cc45)c(F)c2n1)COC3. The number of amides is 1. The number of rotatable bonds is 8. The Morgan fingerprint density at radius 1 is 1.13 bits per heavy atom. The molecule has 1 aliphatic carbocycles. The smallest absolute Gasteiger partial charge is 0.412 e. The molecule has 0 saturated heterocycles. The zero-order valence-electron chi connectivity index (χ0n) is 26.5. The summed E-state index contributed by atoms with van der Waals surface area (Å²) < 4.78 is 44.9. The van der Waals surface area contributed by atoms with Gasteiger partial charge in [-0.15, -0.1) is 11.3 Å². The summed E-state index contributed by atoms with van der Waals surface area (Å²) in [5.74, 6) is 0.112. The van der Waals surface area contributed by atoms with Crippen molar-refractivity contribution in [2.45, 2.75) is 82.9 Å². The highest BCUT2D eigenvalue weighted by Crippen LogP contribution is 2.46. The van der Waals surface area contributed by atoms with Gasteiger partial charge >= 0.3 is 6.09 Å². The molecule has 240 valence electrons. The van der Waals surface area contributed by atoms with Crippen molar-refractivity contribution in [3.8, 4) is 11.1 Å². The lowest BCUT2D eigenvalue weighted by atomic mass is 9.91. The summed E-state index contributed by atoms with van der Waals surface area (Å²) in [6.45, 7) is 8.37. The molecule has 0 bridgehead atoms. The van der Waals surface area contributed by atoms with Gasteiger partial charge in [-0.25, -0.2) is 23.5 Å². The largest absolute Gasteiger partial charge is 0.444 e. The number of hydrogen-bond acceptors (Lipinski definition) is 9. The Hall–Kier alpha value is -3.06. The maximum Gasteiger partial charge on any atom is 0.412 e. The monoisotopic (exact) mass is 655 g/mol. The first-order valence-corrected chi connectivity index (χ1v) is 17.1. The number of hydrogen-bond donors (Lipinski definition) is 2. The van der Waals surface area contributed by atoms with Crippen LogP contribution < -0.4 is 10.6 Å². The van der Waals surface area contributed by atoms with Crippen LogP contribution in [0.2, 0.25) is 0 Å². The number of anilines is 2. The molecular weight excluding hydrogens is 617 g/mol. The summed E-state index contributed by atoms with van der Waals surface area (Å²) in [5, 5.41) is 8.33. The minimum atomic E-state index is -0.679. The fraction of sp³-hybridized carbons (Fsp3) is 0.485. The summed E-state index contributed by atoms with van der Waals surface area (Å²) in [6.07, 6.45) is 3.85. The molecule has 2 aromatic heterocycles. The Bertz CT molecular complexity index is 1780. The van der Waals surface area contributed by atoms with Gasteiger partial charge in [-0.1, -0.05) is 31.5 Å². The second kappa shape index (κ2) is 12.3. The summed E-state index contributed by atoms with van der Waals surface area (Å²) in [7, 11) is 4.21. The van der Waals surface area contributed by atoms with E-state index >= 15 is 8.78 Å². The van der Waals surface area contributed by atoms with Gasteiger partial charge in [0.25, 0.3) is 0 Å². The molecule has 0 radical (unpaired) electrons. The molecule has 6 rings (SSSR count). The molecule has 0 unspecified atom stereocenters. The van der Waals surface area contributed by atoms with Crippen LogP contribution in [0.1, 0.15) is 64.5 Å². The van der Waals surface area contributed by atoms with E-state index < -0.39 is 23.3 Å². The third-order valence-electron chi connectivity index (χ3n) is 8.64. The Kier molecular flexibility index (Phi) is 8.70. The molecule has 2 N–H and O–H groups in total. The maximum atomic E-state index is 17.0. The highest BCUT2D eigenvalue weighted by Gasteiger charge is 2.37. The Balaban J connectivity index is 1.51. The van der Waals surface area contributed by atoms with Gasteiger partial charge in [-0.05, 0) is 82.8 Å². The maximum absolute atomic E-state index is 17.0. The number of nitrogens with one attached hydrogen (secondary N) is 2. The van der Waals surface area contributed by atoms with Gasteiger partial charge in [0.05, 0.1) is 23.6 Å². The standard InChI is InChI=1S/C33H39F2N5O3S2/c1-7-44-30-38-28-26(29(39-30)36-17-33(40(5)6)12-8-9-13-33)20-16-42-15-19(20)25(27(28)35)24-18-14-23(37-31(41)43-32(2,3)4)45-22(18)11-10-21(24)34/h10-11,14H,7-9,12-13,15-17H2,1-6H3,(H,37,41)(H,36,38,39). The molecule has 1 fully saturated rings. The summed E-state index contributed by atoms with van der Waals surface area (Å²) in [4.78, 5) is 24.3. The number of carbonyl (C=O) groups excluding carboxylic acids is 1. The topological polar surface area (TPSA) is 88.6 Å². The van der Waals surface area contributed by atoms with Gasteiger partial charge < -0.3 is 19.7 Å². The fourth-order valence-electron chi connectivity index (χ4n) is 6.46. The van der Waals surface area contributed by atoms with Gasteiger partial charge in [0, 0.05) is 33.3 Å². The third-order valence-corrected chi connectivity index (χ3v) is 10.4. The minimum absolute atomic E-state index is 0.0176. The molecule has 1 aliphatic heterocycles. The number of likely N-dealkylation sites (N-methyl/N-ethyl adjacent to an activating group) is 1. The molecule has 2 aliphatic rings. The highest BCUT2D eigenvalue weighted by atomic mass is 32.2. The van der Waals surface area contributed by atoms with Crippen molar-refractivity contribution in [1.29, 1.82) is 0 Å². The number of fused-ring (bicyclic) bond motifs is 4. The van der Waals surface area contributed by atoms with Gasteiger partial charge in [0.2, 0.25) is 0 Å². The molecule has 12 heteroatoms. The first-order valence-electron chi connectivity index (χ1n) is 15.3. The van der Waals surface area contributed by atoms with Crippen LogP contribution in [-0.4, -0.2) is 58.5 Å². The molecule has 4 aromatic rings. The van der Waals surface area contributed by atoms with Gasteiger partial charge in [0.1, 0.15) is 22.8 Å². The Morgan fingerprint density at radius 2 is 1.87 bits per heavy atom. The average Bonchev–Trinajstić information content (AvgIpc) is 3.72. The van der Waals surface area contributed by atoms with Crippen LogP contribution in [-0.2, 0) is 22.7 Å². The lowest BCUT2D eigenvalue weighted by Gasteiger charge is -2.36. The van der Waals surface area contributed by atoms with Crippen molar-refractivity contribution in [2.24, 2.45) is 0 Å². The quantitative estimate of drug-likeness (QED) is 0.144. The highest BCUT2D eigenvalue weighted by molar-refractivity contribution is 7.99. The van der Waals surface area contributed by atoms with E-state index in [1.54, 1.807) is 32.9 Å². The number of carbonyl (C=O) groups is 1. The van der Waals surface area contributed by atoms with Crippen LogP contribution in [0.25, 0.3) is 32.1 Å². The second-order valence-corrected chi connectivity index (χ2v) is 15.2. The van der Waals surface area contributed by atoms with Crippen molar-refractivity contribution in [2.75, 3.05) is 37.0 Å². The van der Waals surface area contributed by atoms with Crippen molar-refractivity contribution in [3.05, 3.63) is 41.0 Å². The number of nitrogens with zero attached hydrogens (tertiary/aromatic N) is 3. The van der Waals surface area contributed by atoms with Crippen molar-refractivity contribution in [3.63, 3.8) is 0 Å². The first-order chi connectivity index (χ1) is 21.4. The fourth-order valence-corrected chi connectivity index (χ4v) is 7.99. The van der Waals surface area contributed by atoms with Gasteiger partial charge in [-0.2, -0.15) is 0 Å².